The number of benzene rings is 1. The van der Waals surface area contributed by atoms with Crippen molar-refractivity contribution in [3.63, 3.8) is 0 Å². The molecule has 2 fully saturated rings. The van der Waals surface area contributed by atoms with Crippen LogP contribution in [-0.4, -0.2) is 55.9 Å². The Kier molecular flexibility index (Phi) is 6.42. The number of primary amides is 1. The van der Waals surface area contributed by atoms with Gasteiger partial charge in [0, 0.05) is 43.2 Å². The molecule has 0 radical (unpaired) electrons. The maximum Gasteiger partial charge on any atom is 0.248 e. The summed E-state index contributed by atoms with van der Waals surface area (Å²) in [6.45, 7) is 2.29. The quantitative estimate of drug-likeness (QED) is 0.496. The van der Waals surface area contributed by atoms with Gasteiger partial charge in [0.25, 0.3) is 0 Å². The van der Waals surface area contributed by atoms with E-state index in [-0.39, 0.29) is 5.91 Å². The molecule has 9 nitrogen and oxygen atoms in total. The number of imidazole rings is 1. The molecule has 178 valence electrons. The highest BCUT2D eigenvalue weighted by Gasteiger charge is 2.22. The first kappa shape index (κ1) is 22.3. The van der Waals surface area contributed by atoms with Gasteiger partial charge in [0.1, 0.15) is 5.52 Å². The number of aromatic nitrogens is 4. The molecule has 0 atom stereocenters. The molecule has 34 heavy (non-hydrogen) atoms. The number of amides is 2. The fourth-order valence-corrected chi connectivity index (χ4v) is 5.00. The van der Waals surface area contributed by atoms with Gasteiger partial charge in [0.05, 0.1) is 6.33 Å². The van der Waals surface area contributed by atoms with E-state index in [1.54, 1.807) is 12.1 Å². The molecule has 1 saturated carbocycles. The highest BCUT2D eigenvalue weighted by Crippen LogP contribution is 2.32. The molecule has 5 rings (SSSR count). The minimum Gasteiger partial charge on any atom is -0.368 e. The Balaban J connectivity index is 1.43. The van der Waals surface area contributed by atoms with Crippen molar-refractivity contribution in [1.29, 1.82) is 0 Å². The Morgan fingerprint density at radius 1 is 1.09 bits per heavy atom. The summed E-state index contributed by atoms with van der Waals surface area (Å²) in [5.74, 6) is 1.06. The third-order valence-electron chi connectivity index (χ3n) is 6.89. The molecule has 1 aliphatic carbocycles. The predicted octanol–water partition coefficient (Wildman–Crippen LogP) is 3.52. The summed E-state index contributed by atoms with van der Waals surface area (Å²) in [5.41, 5.74) is 8.25. The van der Waals surface area contributed by atoms with Crippen molar-refractivity contribution in [3.8, 4) is 11.4 Å². The van der Waals surface area contributed by atoms with E-state index in [4.69, 9.17) is 15.7 Å². The van der Waals surface area contributed by atoms with Crippen molar-refractivity contribution in [3.05, 3.63) is 36.2 Å². The molecule has 0 bridgehead atoms. The van der Waals surface area contributed by atoms with Gasteiger partial charge in [-0.15, -0.1) is 0 Å². The van der Waals surface area contributed by atoms with Crippen LogP contribution in [0.4, 0.5) is 5.82 Å². The van der Waals surface area contributed by atoms with Crippen LogP contribution in [-0.2, 0) is 4.79 Å². The lowest BCUT2D eigenvalue weighted by molar-refractivity contribution is -0.127. The summed E-state index contributed by atoms with van der Waals surface area (Å²) in [6, 6.07) is 7.44. The van der Waals surface area contributed by atoms with Gasteiger partial charge in [-0.3, -0.25) is 9.59 Å². The third-order valence-corrected chi connectivity index (χ3v) is 6.89. The van der Waals surface area contributed by atoms with Crippen LogP contribution in [0.25, 0.3) is 22.6 Å². The zero-order valence-corrected chi connectivity index (χ0v) is 19.4. The lowest BCUT2D eigenvalue weighted by atomic mass is 9.95. The molecule has 9 heteroatoms. The van der Waals surface area contributed by atoms with Crippen LogP contribution in [0.2, 0.25) is 0 Å². The summed E-state index contributed by atoms with van der Waals surface area (Å²) in [4.78, 5) is 39.7. The van der Waals surface area contributed by atoms with Gasteiger partial charge >= 0.3 is 0 Å². The Labute approximate surface area is 198 Å². The molecule has 0 unspecified atom stereocenters. The van der Waals surface area contributed by atoms with E-state index in [1.165, 1.54) is 19.3 Å². The van der Waals surface area contributed by atoms with Crippen LogP contribution in [0.15, 0.2) is 30.6 Å². The van der Waals surface area contributed by atoms with Gasteiger partial charge in [-0.1, -0.05) is 31.4 Å². The fourth-order valence-electron chi connectivity index (χ4n) is 5.00. The highest BCUT2D eigenvalue weighted by molar-refractivity contribution is 5.93. The second kappa shape index (κ2) is 9.79. The van der Waals surface area contributed by atoms with Crippen molar-refractivity contribution in [2.75, 3.05) is 25.0 Å². The predicted molar refractivity (Wildman–Crippen MR) is 130 cm³/mol. The SMILES string of the molecule is NC(=O)c1ccc(-c2nc(NCCCN3CCCC3=O)c3ncn(C4CCCCC4)c3n2)cc1. The zero-order valence-electron chi connectivity index (χ0n) is 19.4. The Morgan fingerprint density at radius 2 is 1.88 bits per heavy atom. The molecule has 2 amide bonds. The molecule has 2 aromatic heterocycles. The normalized spacial score (nSPS) is 16.9. The first-order chi connectivity index (χ1) is 16.6. The van der Waals surface area contributed by atoms with E-state index in [9.17, 15) is 9.59 Å². The molecule has 1 aliphatic heterocycles. The first-order valence-corrected chi connectivity index (χ1v) is 12.3. The third kappa shape index (κ3) is 4.60. The van der Waals surface area contributed by atoms with Crippen molar-refractivity contribution in [2.45, 2.75) is 57.4 Å². The van der Waals surface area contributed by atoms with Crippen molar-refractivity contribution < 1.29 is 9.59 Å². The number of rotatable bonds is 8. The molecule has 1 saturated heterocycles. The highest BCUT2D eigenvalue weighted by atomic mass is 16.2. The molecule has 3 aromatic rings. The molecule has 0 spiro atoms. The number of nitrogens with two attached hydrogens (primary N) is 1. The number of carbonyl (C=O) groups excluding carboxylic acids is 2. The number of nitrogens with zero attached hydrogens (tertiary/aromatic N) is 5. The second-order valence-electron chi connectivity index (χ2n) is 9.22. The molecule has 2 aliphatic rings. The van der Waals surface area contributed by atoms with Crippen molar-refractivity contribution in [1.82, 2.24) is 24.4 Å². The monoisotopic (exact) mass is 461 g/mol. The number of hydrogen-bond donors (Lipinski definition) is 2. The Bertz CT molecular complexity index is 1180. The topological polar surface area (TPSA) is 119 Å². The molecule has 3 heterocycles. The maximum atomic E-state index is 11.9. The largest absolute Gasteiger partial charge is 0.368 e. The minimum absolute atomic E-state index is 0.248. The van der Waals surface area contributed by atoms with Gasteiger partial charge in [-0.05, 0) is 37.8 Å². The van der Waals surface area contributed by atoms with Crippen LogP contribution in [0.1, 0.15) is 67.8 Å². The van der Waals surface area contributed by atoms with Crippen LogP contribution in [0.5, 0.6) is 0 Å². The average Bonchev–Trinajstić information content (AvgIpc) is 3.48. The molecular formula is C25H31N7O2. The van der Waals surface area contributed by atoms with Crippen molar-refractivity contribution >= 4 is 28.8 Å². The number of carbonyl (C=O) groups is 2. The number of anilines is 1. The summed E-state index contributed by atoms with van der Waals surface area (Å²) >= 11 is 0. The first-order valence-electron chi connectivity index (χ1n) is 12.3. The number of nitrogens with one attached hydrogen (secondary N) is 1. The Hall–Kier alpha value is -3.49. The average molecular weight is 462 g/mol. The van der Waals surface area contributed by atoms with Crippen LogP contribution in [0, 0.1) is 0 Å². The zero-order chi connectivity index (χ0) is 23.5. The second-order valence-corrected chi connectivity index (χ2v) is 9.22. The van der Waals surface area contributed by atoms with E-state index >= 15 is 0 Å². The summed E-state index contributed by atoms with van der Waals surface area (Å²) < 4.78 is 2.20. The van der Waals surface area contributed by atoms with Crippen LogP contribution >= 0.6 is 0 Å². The molecule has 1 aromatic carbocycles. The van der Waals surface area contributed by atoms with E-state index < -0.39 is 5.91 Å². The number of hydrogen-bond acceptors (Lipinski definition) is 6. The van der Waals surface area contributed by atoms with E-state index in [2.05, 4.69) is 14.9 Å². The molecular weight excluding hydrogens is 430 g/mol. The van der Waals surface area contributed by atoms with Gasteiger partial charge in [-0.25, -0.2) is 15.0 Å². The number of likely N-dealkylation sites (tertiary alicyclic amines) is 1. The van der Waals surface area contributed by atoms with Crippen LogP contribution in [0.3, 0.4) is 0 Å². The summed E-state index contributed by atoms with van der Waals surface area (Å²) in [5, 5.41) is 3.44. The fraction of sp³-hybridized carbons (Fsp3) is 0.480. The lowest BCUT2D eigenvalue weighted by Gasteiger charge is -2.23. The Morgan fingerprint density at radius 3 is 2.59 bits per heavy atom. The smallest absolute Gasteiger partial charge is 0.248 e. The number of fused-ring (bicyclic) bond motifs is 1. The van der Waals surface area contributed by atoms with Gasteiger partial charge < -0.3 is 20.5 Å². The van der Waals surface area contributed by atoms with E-state index in [1.807, 2.05) is 23.4 Å². The molecule has 3 N–H and O–H groups in total. The maximum absolute atomic E-state index is 11.9. The van der Waals surface area contributed by atoms with Gasteiger partial charge in [0.2, 0.25) is 11.8 Å². The van der Waals surface area contributed by atoms with Gasteiger partial charge in [0.15, 0.2) is 17.3 Å². The lowest BCUT2D eigenvalue weighted by Crippen LogP contribution is -2.27. The van der Waals surface area contributed by atoms with Crippen LogP contribution < -0.4 is 11.1 Å². The van der Waals surface area contributed by atoms with Crippen molar-refractivity contribution in [2.24, 2.45) is 5.73 Å². The summed E-state index contributed by atoms with van der Waals surface area (Å²) in [7, 11) is 0. The van der Waals surface area contributed by atoms with Gasteiger partial charge in [-0.2, -0.15) is 0 Å². The van der Waals surface area contributed by atoms with E-state index in [0.29, 0.717) is 36.2 Å². The summed E-state index contributed by atoms with van der Waals surface area (Å²) in [6.07, 6.45) is 10.3. The minimum atomic E-state index is -0.461. The van der Waals surface area contributed by atoms with E-state index in [0.717, 1.165) is 55.5 Å². The standard InChI is InChI=1S/C25H31N7O2/c26-22(34)17-9-11-18(12-10-17)23-29-24(27-13-5-15-31-14-4-8-20(31)33)21-25(30-23)32(16-28-21)19-6-2-1-3-7-19/h9-12,16,19H,1-8,13-15H2,(H2,26,34)(H,27,29,30).